The summed E-state index contributed by atoms with van der Waals surface area (Å²) in [4.78, 5) is 14.1. The first kappa shape index (κ1) is 13.7. The first-order chi connectivity index (χ1) is 8.44. The van der Waals surface area contributed by atoms with E-state index in [0.717, 1.165) is 12.6 Å². The van der Waals surface area contributed by atoms with Crippen molar-refractivity contribution < 1.29 is 9.53 Å². The molecule has 1 heterocycles. The monoisotopic (exact) mass is 254 g/mol. The molecule has 1 saturated heterocycles. The number of piperidine rings is 1. The van der Waals surface area contributed by atoms with E-state index in [2.05, 4.69) is 10.2 Å². The number of alkyl carbamates (subject to hydrolysis) is 1. The van der Waals surface area contributed by atoms with E-state index in [1.54, 1.807) is 0 Å². The van der Waals surface area contributed by atoms with Gasteiger partial charge in [0.2, 0.25) is 0 Å². The van der Waals surface area contributed by atoms with Crippen LogP contribution in [0.5, 0.6) is 0 Å². The largest absolute Gasteiger partial charge is 0.444 e. The zero-order valence-corrected chi connectivity index (χ0v) is 11.9. The molecule has 4 heteroatoms. The Kier molecular flexibility index (Phi) is 4.15. The summed E-state index contributed by atoms with van der Waals surface area (Å²) in [5.41, 5.74) is -0.403. The van der Waals surface area contributed by atoms with Crippen LogP contribution in [0, 0.1) is 5.92 Å². The molecule has 1 N–H and O–H groups in total. The summed E-state index contributed by atoms with van der Waals surface area (Å²) in [6, 6.07) is 0.879. The topological polar surface area (TPSA) is 41.6 Å². The Morgan fingerprint density at radius 1 is 1.22 bits per heavy atom. The molecule has 0 radical (unpaired) electrons. The van der Waals surface area contributed by atoms with E-state index in [0.29, 0.717) is 5.92 Å². The van der Waals surface area contributed by atoms with E-state index >= 15 is 0 Å². The van der Waals surface area contributed by atoms with Gasteiger partial charge in [0.15, 0.2) is 0 Å². The van der Waals surface area contributed by atoms with Crippen LogP contribution < -0.4 is 5.32 Å². The van der Waals surface area contributed by atoms with Gasteiger partial charge in [0.1, 0.15) is 5.60 Å². The van der Waals surface area contributed by atoms with Gasteiger partial charge in [-0.15, -0.1) is 0 Å². The number of carbonyl (C=O) groups is 1. The summed E-state index contributed by atoms with van der Waals surface area (Å²) in [7, 11) is 0. The SMILES string of the molecule is CC(C)(C)OC(=O)NCC1CCN(C2CC2)CC1. The fourth-order valence-electron chi connectivity index (χ4n) is 2.50. The lowest BCUT2D eigenvalue weighted by Crippen LogP contribution is -2.40. The lowest BCUT2D eigenvalue weighted by molar-refractivity contribution is 0.0509. The standard InChI is InChI=1S/C14H26N2O2/c1-14(2,3)18-13(17)15-10-11-6-8-16(9-7-11)12-4-5-12/h11-12H,4-10H2,1-3H3,(H,15,17). The van der Waals surface area contributed by atoms with E-state index in [4.69, 9.17) is 4.74 Å². The molecule has 2 rings (SSSR count). The Hall–Kier alpha value is -0.770. The molecule has 1 aliphatic carbocycles. The van der Waals surface area contributed by atoms with Crippen molar-refractivity contribution in [3.05, 3.63) is 0 Å². The van der Waals surface area contributed by atoms with Crippen molar-refractivity contribution in [2.45, 2.75) is 58.1 Å². The number of hydrogen-bond acceptors (Lipinski definition) is 3. The van der Waals surface area contributed by atoms with Crippen LogP contribution in [0.15, 0.2) is 0 Å². The minimum atomic E-state index is -0.403. The number of likely N-dealkylation sites (tertiary alicyclic amines) is 1. The third-order valence-electron chi connectivity index (χ3n) is 3.65. The third-order valence-corrected chi connectivity index (χ3v) is 3.65. The van der Waals surface area contributed by atoms with Crippen LogP contribution in [0.25, 0.3) is 0 Å². The van der Waals surface area contributed by atoms with Gasteiger partial charge in [-0.25, -0.2) is 4.79 Å². The molecule has 0 aromatic carbocycles. The first-order valence-electron chi connectivity index (χ1n) is 7.15. The smallest absolute Gasteiger partial charge is 0.407 e. The van der Waals surface area contributed by atoms with Crippen molar-refractivity contribution in [2.24, 2.45) is 5.92 Å². The third kappa shape index (κ3) is 4.48. The highest BCUT2D eigenvalue weighted by atomic mass is 16.6. The Morgan fingerprint density at radius 2 is 1.83 bits per heavy atom. The van der Waals surface area contributed by atoms with E-state index in [1.807, 2.05) is 20.8 Å². The average Bonchev–Trinajstić information content (AvgIpc) is 3.08. The van der Waals surface area contributed by atoms with Crippen molar-refractivity contribution in [1.82, 2.24) is 10.2 Å². The number of nitrogens with zero attached hydrogens (tertiary/aromatic N) is 1. The van der Waals surface area contributed by atoms with Gasteiger partial charge in [0, 0.05) is 12.6 Å². The molecular weight excluding hydrogens is 228 g/mol. The maximum atomic E-state index is 11.5. The first-order valence-corrected chi connectivity index (χ1v) is 7.15. The average molecular weight is 254 g/mol. The van der Waals surface area contributed by atoms with Crippen LogP contribution in [0.2, 0.25) is 0 Å². The van der Waals surface area contributed by atoms with Crippen molar-refractivity contribution in [3.63, 3.8) is 0 Å². The molecule has 0 spiro atoms. The molecule has 0 aromatic rings. The van der Waals surface area contributed by atoms with Crippen molar-refractivity contribution >= 4 is 6.09 Å². The Balaban J connectivity index is 1.61. The van der Waals surface area contributed by atoms with Crippen LogP contribution in [0.1, 0.15) is 46.5 Å². The minimum absolute atomic E-state index is 0.285. The molecule has 104 valence electrons. The second-order valence-electron chi connectivity index (χ2n) is 6.59. The van der Waals surface area contributed by atoms with Crippen molar-refractivity contribution in [3.8, 4) is 0 Å². The summed E-state index contributed by atoms with van der Waals surface area (Å²) >= 11 is 0. The van der Waals surface area contributed by atoms with Gasteiger partial charge in [0.25, 0.3) is 0 Å². The molecule has 1 saturated carbocycles. The fourth-order valence-corrected chi connectivity index (χ4v) is 2.50. The van der Waals surface area contributed by atoms with E-state index in [-0.39, 0.29) is 6.09 Å². The van der Waals surface area contributed by atoms with E-state index < -0.39 is 5.60 Å². The lowest BCUT2D eigenvalue weighted by atomic mass is 9.97. The predicted molar refractivity (Wildman–Crippen MR) is 71.6 cm³/mol. The van der Waals surface area contributed by atoms with Crippen molar-refractivity contribution in [2.75, 3.05) is 19.6 Å². The lowest BCUT2D eigenvalue weighted by Gasteiger charge is -2.32. The van der Waals surface area contributed by atoms with Gasteiger partial charge in [-0.1, -0.05) is 0 Å². The number of hydrogen-bond donors (Lipinski definition) is 1. The normalized spacial score (nSPS) is 22.8. The summed E-state index contributed by atoms with van der Waals surface area (Å²) in [5.74, 6) is 0.618. The summed E-state index contributed by atoms with van der Waals surface area (Å²) in [5, 5.41) is 2.89. The van der Waals surface area contributed by atoms with Gasteiger partial charge < -0.3 is 15.0 Å². The highest BCUT2D eigenvalue weighted by Gasteiger charge is 2.31. The van der Waals surface area contributed by atoms with Crippen LogP contribution in [-0.4, -0.2) is 42.3 Å². The molecule has 0 atom stereocenters. The zero-order valence-electron chi connectivity index (χ0n) is 11.9. The molecule has 0 bridgehead atoms. The van der Waals surface area contributed by atoms with Gasteiger partial charge in [0.05, 0.1) is 0 Å². The molecule has 0 unspecified atom stereocenters. The van der Waals surface area contributed by atoms with Crippen LogP contribution in [0.4, 0.5) is 4.79 Å². The number of nitrogens with one attached hydrogen (secondary N) is 1. The zero-order chi connectivity index (χ0) is 13.2. The number of carbonyl (C=O) groups excluding carboxylic acids is 1. The molecule has 18 heavy (non-hydrogen) atoms. The molecule has 4 nitrogen and oxygen atoms in total. The second-order valence-corrected chi connectivity index (χ2v) is 6.59. The summed E-state index contributed by atoms with van der Waals surface area (Å²) in [6.45, 7) is 8.83. The fraction of sp³-hybridized carbons (Fsp3) is 0.929. The summed E-state index contributed by atoms with van der Waals surface area (Å²) < 4.78 is 5.24. The molecule has 0 aromatic heterocycles. The minimum Gasteiger partial charge on any atom is -0.444 e. The number of rotatable bonds is 3. The molecule has 2 fully saturated rings. The van der Waals surface area contributed by atoms with E-state index in [1.165, 1.54) is 38.8 Å². The summed E-state index contributed by atoms with van der Waals surface area (Å²) in [6.07, 6.45) is 4.90. The molecule has 2 aliphatic rings. The quantitative estimate of drug-likeness (QED) is 0.841. The maximum absolute atomic E-state index is 11.5. The molecular formula is C14H26N2O2. The Labute approximate surface area is 110 Å². The molecule has 1 aliphatic heterocycles. The van der Waals surface area contributed by atoms with Crippen molar-refractivity contribution in [1.29, 1.82) is 0 Å². The second kappa shape index (κ2) is 5.47. The van der Waals surface area contributed by atoms with Gasteiger partial charge >= 0.3 is 6.09 Å². The van der Waals surface area contributed by atoms with Crippen LogP contribution in [-0.2, 0) is 4.74 Å². The Morgan fingerprint density at radius 3 is 2.33 bits per heavy atom. The van der Waals surface area contributed by atoms with Crippen LogP contribution in [0.3, 0.4) is 0 Å². The van der Waals surface area contributed by atoms with Gasteiger partial charge in [-0.05, 0) is 65.5 Å². The number of ether oxygens (including phenoxy) is 1. The predicted octanol–water partition coefficient (Wildman–Crippen LogP) is 2.39. The molecule has 1 amide bonds. The highest BCUT2D eigenvalue weighted by Crippen LogP contribution is 2.30. The highest BCUT2D eigenvalue weighted by molar-refractivity contribution is 5.67. The van der Waals surface area contributed by atoms with Crippen LogP contribution >= 0.6 is 0 Å². The Bertz CT molecular complexity index is 287. The number of amides is 1. The van der Waals surface area contributed by atoms with Gasteiger partial charge in [-0.3, -0.25) is 0 Å². The van der Waals surface area contributed by atoms with E-state index in [9.17, 15) is 4.79 Å². The maximum Gasteiger partial charge on any atom is 0.407 e. The van der Waals surface area contributed by atoms with Gasteiger partial charge in [-0.2, -0.15) is 0 Å².